The highest BCUT2D eigenvalue weighted by Crippen LogP contribution is 2.27. The van der Waals surface area contributed by atoms with E-state index in [4.69, 9.17) is 0 Å². The van der Waals surface area contributed by atoms with Crippen molar-refractivity contribution in [3.8, 4) is 0 Å². The van der Waals surface area contributed by atoms with Gasteiger partial charge in [0.15, 0.2) is 0 Å². The van der Waals surface area contributed by atoms with Gasteiger partial charge in [-0.1, -0.05) is 0 Å². The first kappa shape index (κ1) is 17.4. The maximum atomic E-state index is 12.2. The maximum Gasteiger partial charge on any atom is 0.342 e. The Morgan fingerprint density at radius 3 is 2.42 bits per heavy atom. The van der Waals surface area contributed by atoms with E-state index in [1.165, 1.54) is 18.9 Å². The predicted octanol–water partition coefficient (Wildman–Crippen LogP) is 0.846. The van der Waals surface area contributed by atoms with Crippen LogP contribution >= 0.6 is 11.3 Å². The van der Waals surface area contributed by atoms with Crippen molar-refractivity contribution in [1.82, 2.24) is 15.1 Å². The topological polar surface area (TPSA) is 86.8 Å². The molecular weight excluding hydrogens is 350 g/mol. The average Bonchev–Trinajstić information content (AvgIpc) is 3.33. The molecule has 0 spiro atoms. The van der Waals surface area contributed by atoms with Gasteiger partial charge in [-0.25, -0.2) is 8.42 Å². The summed E-state index contributed by atoms with van der Waals surface area (Å²) in [6, 6.07) is 3.74. The standard InChI is InChI=1S/C15H21N3O4S2/c1-11-2-5-14(23-11)24(21,22)15(20)16-10-13(19)18-8-6-17(7-9-18)12-3-4-12/h2,5,12H,3-4,6-10H2,1H3,(H,16,20). The van der Waals surface area contributed by atoms with E-state index in [2.05, 4.69) is 10.2 Å². The minimum absolute atomic E-state index is 0.00277. The van der Waals surface area contributed by atoms with Gasteiger partial charge in [0.1, 0.15) is 4.21 Å². The summed E-state index contributed by atoms with van der Waals surface area (Å²) in [5, 5.41) is 1.13. The summed E-state index contributed by atoms with van der Waals surface area (Å²) in [4.78, 5) is 29.0. The highest BCUT2D eigenvalue weighted by molar-refractivity contribution is 8.07. The zero-order valence-corrected chi connectivity index (χ0v) is 15.2. The Kier molecular flexibility index (Phi) is 4.93. The van der Waals surface area contributed by atoms with E-state index in [0.29, 0.717) is 19.1 Å². The number of nitrogens with one attached hydrogen (secondary N) is 1. The van der Waals surface area contributed by atoms with Crippen LogP contribution < -0.4 is 5.32 Å². The maximum absolute atomic E-state index is 12.2. The molecule has 132 valence electrons. The minimum Gasteiger partial charge on any atom is -0.339 e. The van der Waals surface area contributed by atoms with Crippen LogP contribution in [0.2, 0.25) is 0 Å². The summed E-state index contributed by atoms with van der Waals surface area (Å²) in [6.45, 7) is 4.43. The van der Waals surface area contributed by atoms with Crippen molar-refractivity contribution in [2.45, 2.75) is 30.0 Å². The van der Waals surface area contributed by atoms with E-state index in [9.17, 15) is 18.0 Å². The highest BCUT2D eigenvalue weighted by atomic mass is 32.2. The Balaban J connectivity index is 1.49. The lowest BCUT2D eigenvalue weighted by molar-refractivity contribution is -0.131. The van der Waals surface area contributed by atoms with Crippen molar-refractivity contribution in [1.29, 1.82) is 0 Å². The van der Waals surface area contributed by atoms with Crippen LogP contribution in [0.1, 0.15) is 17.7 Å². The molecule has 0 bridgehead atoms. The zero-order valence-electron chi connectivity index (χ0n) is 13.5. The van der Waals surface area contributed by atoms with Crippen LogP contribution in [0, 0.1) is 6.92 Å². The zero-order chi connectivity index (χ0) is 17.3. The molecule has 2 aliphatic rings. The molecule has 0 radical (unpaired) electrons. The molecule has 3 rings (SSSR count). The van der Waals surface area contributed by atoms with Crippen LogP contribution in [0.15, 0.2) is 16.3 Å². The lowest BCUT2D eigenvalue weighted by Crippen LogP contribution is -2.51. The van der Waals surface area contributed by atoms with E-state index >= 15 is 0 Å². The van der Waals surface area contributed by atoms with Crippen LogP contribution in [-0.4, -0.2) is 68.1 Å². The molecule has 1 aromatic heterocycles. The highest BCUT2D eigenvalue weighted by Gasteiger charge is 2.32. The molecule has 0 atom stereocenters. The molecule has 2 amide bonds. The molecule has 1 aliphatic carbocycles. The number of carbonyl (C=O) groups excluding carboxylic acids is 2. The molecule has 2 fully saturated rings. The van der Waals surface area contributed by atoms with Crippen molar-refractivity contribution >= 4 is 32.3 Å². The number of sulfone groups is 1. The summed E-state index contributed by atoms with van der Waals surface area (Å²) in [7, 11) is -4.07. The number of carbonyl (C=O) groups is 2. The second-order valence-electron chi connectivity index (χ2n) is 6.16. The number of aryl methyl sites for hydroxylation is 1. The van der Waals surface area contributed by atoms with Gasteiger partial charge in [-0.2, -0.15) is 0 Å². The van der Waals surface area contributed by atoms with Crippen LogP contribution in [0.25, 0.3) is 0 Å². The van der Waals surface area contributed by atoms with E-state index in [0.717, 1.165) is 29.3 Å². The van der Waals surface area contributed by atoms with Crippen LogP contribution in [0.5, 0.6) is 0 Å². The lowest BCUT2D eigenvalue weighted by atomic mass is 10.3. The van der Waals surface area contributed by atoms with Gasteiger partial charge >= 0.3 is 5.24 Å². The Hall–Kier alpha value is -1.45. The lowest BCUT2D eigenvalue weighted by Gasteiger charge is -2.34. The van der Waals surface area contributed by atoms with Gasteiger partial charge in [-0.05, 0) is 31.9 Å². The summed E-state index contributed by atoms with van der Waals surface area (Å²) in [5.74, 6) is -0.239. The van der Waals surface area contributed by atoms with Crippen molar-refractivity contribution in [2.75, 3.05) is 32.7 Å². The molecule has 9 heteroatoms. The van der Waals surface area contributed by atoms with Crippen LogP contribution in [0.4, 0.5) is 4.79 Å². The second kappa shape index (κ2) is 6.81. The molecule has 24 heavy (non-hydrogen) atoms. The summed E-state index contributed by atoms with van der Waals surface area (Å²) >= 11 is 1.04. The number of nitrogens with zero attached hydrogens (tertiary/aromatic N) is 2. The van der Waals surface area contributed by atoms with E-state index < -0.39 is 15.1 Å². The van der Waals surface area contributed by atoms with Crippen LogP contribution in [0.3, 0.4) is 0 Å². The second-order valence-corrected chi connectivity index (χ2v) is 9.52. The number of rotatable bonds is 4. The monoisotopic (exact) mass is 371 g/mol. The Bertz CT molecular complexity index is 732. The minimum atomic E-state index is -4.07. The first-order valence-electron chi connectivity index (χ1n) is 7.99. The number of piperazine rings is 1. The van der Waals surface area contributed by atoms with Gasteiger partial charge in [0, 0.05) is 37.1 Å². The van der Waals surface area contributed by atoms with Gasteiger partial charge < -0.3 is 10.2 Å². The first-order valence-corrected chi connectivity index (χ1v) is 10.3. The quantitative estimate of drug-likeness (QED) is 0.848. The summed E-state index contributed by atoms with van der Waals surface area (Å²) in [5.41, 5.74) is 0. The number of amides is 2. The van der Waals surface area contributed by atoms with Gasteiger partial charge in [0.05, 0.1) is 6.54 Å². The van der Waals surface area contributed by atoms with E-state index in [1.807, 2.05) is 0 Å². The molecule has 7 nitrogen and oxygen atoms in total. The SMILES string of the molecule is Cc1ccc(S(=O)(=O)C(=O)NCC(=O)N2CCN(C3CC3)CC2)s1. The summed E-state index contributed by atoms with van der Waals surface area (Å²) < 4.78 is 24.3. The Morgan fingerprint density at radius 1 is 1.21 bits per heavy atom. The predicted molar refractivity (Wildman–Crippen MR) is 90.8 cm³/mol. The molecule has 1 saturated carbocycles. The molecular formula is C15H21N3O4S2. The normalized spacial score (nSPS) is 19.3. The van der Waals surface area contributed by atoms with Gasteiger partial charge in [0.2, 0.25) is 5.91 Å². The molecule has 0 aromatic carbocycles. The van der Waals surface area contributed by atoms with Gasteiger partial charge in [-0.3, -0.25) is 14.5 Å². The smallest absolute Gasteiger partial charge is 0.339 e. The molecule has 1 aliphatic heterocycles. The first-order chi connectivity index (χ1) is 11.4. The van der Waals surface area contributed by atoms with Crippen LogP contribution in [-0.2, 0) is 14.6 Å². The summed E-state index contributed by atoms with van der Waals surface area (Å²) in [6.07, 6.45) is 2.48. The molecule has 1 saturated heterocycles. The molecule has 1 N–H and O–H groups in total. The third-order valence-corrected chi connectivity index (χ3v) is 7.34. The van der Waals surface area contributed by atoms with Crippen molar-refractivity contribution < 1.29 is 18.0 Å². The molecule has 1 aromatic rings. The van der Waals surface area contributed by atoms with E-state index in [1.54, 1.807) is 17.9 Å². The number of hydrogen-bond acceptors (Lipinski definition) is 6. The average molecular weight is 371 g/mol. The van der Waals surface area contributed by atoms with Crippen molar-refractivity contribution in [3.05, 3.63) is 17.0 Å². The fourth-order valence-corrected chi connectivity index (χ4v) is 5.12. The third-order valence-electron chi connectivity index (χ3n) is 4.34. The van der Waals surface area contributed by atoms with Crippen molar-refractivity contribution in [3.63, 3.8) is 0 Å². The number of hydrogen-bond donors (Lipinski definition) is 1. The fraction of sp³-hybridized carbons (Fsp3) is 0.600. The Morgan fingerprint density at radius 2 is 1.88 bits per heavy atom. The van der Waals surface area contributed by atoms with Gasteiger partial charge in [-0.15, -0.1) is 11.3 Å². The fourth-order valence-electron chi connectivity index (χ4n) is 2.78. The number of thiophene rings is 1. The molecule has 0 unspecified atom stereocenters. The van der Waals surface area contributed by atoms with E-state index in [-0.39, 0.29) is 16.7 Å². The van der Waals surface area contributed by atoms with Crippen molar-refractivity contribution in [2.24, 2.45) is 0 Å². The Labute approximate surface area is 145 Å². The third kappa shape index (κ3) is 3.79. The largest absolute Gasteiger partial charge is 0.342 e. The molecule has 2 heterocycles. The van der Waals surface area contributed by atoms with Gasteiger partial charge in [0.25, 0.3) is 9.84 Å².